The number of esters is 1. The molecule has 1 fully saturated rings. The summed E-state index contributed by atoms with van der Waals surface area (Å²) in [4.78, 5) is 36.6. The number of carbonyl (C=O) groups is 3. The zero-order chi connectivity index (χ0) is 16.2. The van der Waals surface area contributed by atoms with E-state index in [1.165, 1.54) is 0 Å². The molecule has 2 aromatic rings. The molecule has 0 bridgehead atoms. The molecule has 0 N–H and O–H groups in total. The van der Waals surface area contributed by atoms with E-state index in [2.05, 4.69) is 0 Å². The van der Waals surface area contributed by atoms with E-state index in [0.717, 1.165) is 10.6 Å². The molecule has 1 saturated heterocycles. The summed E-state index contributed by atoms with van der Waals surface area (Å²) >= 11 is 0. The first-order chi connectivity index (χ1) is 11.1. The average Bonchev–Trinajstić information content (AvgIpc) is 3.24. The highest BCUT2D eigenvalue weighted by Crippen LogP contribution is 2.13. The first-order valence-corrected chi connectivity index (χ1v) is 7.39. The van der Waals surface area contributed by atoms with Crippen molar-refractivity contribution in [3.05, 3.63) is 54.4 Å². The summed E-state index contributed by atoms with van der Waals surface area (Å²) in [6.45, 7) is -0.0172. The van der Waals surface area contributed by atoms with Gasteiger partial charge in [0.25, 0.3) is 5.91 Å². The van der Waals surface area contributed by atoms with Crippen LogP contribution in [0.25, 0.3) is 5.69 Å². The van der Waals surface area contributed by atoms with E-state index in [-0.39, 0.29) is 5.91 Å². The van der Waals surface area contributed by atoms with Crippen LogP contribution in [0.1, 0.15) is 23.2 Å². The molecule has 6 nitrogen and oxygen atoms in total. The van der Waals surface area contributed by atoms with Crippen molar-refractivity contribution in [2.45, 2.75) is 12.8 Å². The van der Waals surface area contributed by atoms with Gasteiger partial charge in [-0.2, -0.15) is 0 Å². The maximum absolute atomic E-state index is 12.1. The Balaban J connectivity index is 1.63. The lowest BCUT2D eigenvalue weighted by molar-refractivity contribution is -0.143. The van der Waals surface area contributed by atoms with Crippen LogP contribution >= 0.6 is 0 Å². The topological polar surface area (TPSA) is 68.6 Å². The molecule has 2 amide bonds. The van der Waals surface area contributed by atoms with Crippen molar-refractivity contribution in [3.63, 3.8) is 0 Å². The fraction of sp³-hybridized carbons (Fsp3) is 0.235. The molecule has 1 aliphatic heterocycles. The Hall–Kier alpha value is -2.89. The maximum Gasteiger partial charge on any atom is 0.338 e. The van der Waals surface area contributed by atoms with Crippen LogP contribution in [0.2, 0.25) is 0 Å². The minimum absolute atomic E-state index is 0.208. The third-order valence-corrected chi connectivity index (χ3v) is 3.69. The second-order valence-corrected chi connectivity index (χ2v) is 5.26. The minimum atomic E-state index is -0.584. The zero-order valence-corrected chi connectivity index (χ0v) is 12.5. The summed E-state index contributed by atoms with van der Waals surface area (Å²) in [7, 11) is 0. The number of ether oxygens (including phenoxy) is 1. The van der Waals surface area contributed by atoms with Crippen molar-refractivity contribution in [3.8, 4) is 5.69 Å². The number of imide groups is 1. The number of carbonyl (C=O) groups excluding carboxylic acids is 3. The van der Waals surface area contributed by atoms with E-state index in [1.807, 2.05) is 35.2 Å². The fourth-order valence-corrected chi connectivity index (χ4v) is 2.50. The smallest absolute Gasteiger partial charge is 0.338 e. The highest BCUT2D eigenvalue weighted by atomic mass is 16.5. The number of nitrogens with zero attached hydrogens (tertiary/aromatic N) is 2. The van der Waals surface area contributed by atoms with Gasteiger partial charge in [-0.1, -0.05) is 6.07 Å². The molecule has 0 aliphatic carbocycles. The van der Waals surface area contributed by atoms with Crippen LogP contribution in [-0.4, -0.2) is 40.4 Å². The quantitative estimate of drug-likeness (QED) is 0.807. The fourth-order valence-electron chi connectivity index (χ4n) is 2.50. The van der Waals surface area contributed by atoms with Crippen LogP contribution in [0.15, 0.2) is 48.8 Å². The second kappa shape index (κ2) is 6.48. The predicted molar refractivity (Wildman–Crippen MR) is 82.0 cm³/mol. The van der Waals surface area contributed by atoms with Crippen LogP contribution in [0.4, 0.5) is 0 Å². The van der Waals surface area contributed by atoms with Gasteiger partial charge in [-0.3, -0.25) is 14.5 Å². The third kappa shape index (κ3) is 3.31. The van der Waals surface area contributed by atoms with Gasteiger partial charge in [-0.05, 0) is 36.8 Å². The van der Waals surface area contributed by atoms with Crippen molar-refractivity contribution in [1.82, 2.24) is 9.47 Å². The van der Waals surface area contributed by atoms with Gasteiger partial charge in [-0.25, -0.2) is 4.79 Å². The molecule has 0 atom stereocenters. The van der Waals surface area contributed by atoms with Gasteiger partial charge >= 0.3 is 5.97 Å². The minimum Gasteiger partial charge on any atom is -0.452 e. The standard InChI is InChI=1S/C17H16N2O4/c20-15-7-4-10-19(15)16(21)12-23-17(22)13-5-3-6-14(11-13)18-8-1-2-9-18/h1-3,5-6,8-9,11H,4,7,10,12H2. The van der Waals surface area contributed by atoms with E-state index in [4.69, 9.17) is 4.74 Å². The lowest BCUT2D eigenvalue weighted by Gasteiger charge is -2.13. The van der Waals surface area contributed by atoms with Gasteiger partial charge < -0.3 is 9.30 Å². The number of rotatable bonds is 4. The van der Waals surface area contributed by atoms with Crippen molar-refractivity contribution in [1.29, 1.82) is 0 Å². The van der Waals surface area contributed by atoms with E-state index in [9.17, 15) is 14.4 Å². The Morgan fingerprint density at radius 3 is 2.61 bits per heavy atom. The Kier molecular flexibility index (Phi) is 4.23. The molecule has 3 rings (SSSR count). The molecular formula is C17H16N2O4. The Morgan fingerprint density at radius 1 is 1.13 bits per heavy atom. The van der Waals surface area contributed by atoms with Crippen LogP contribution < -0.4 is 0 Å². The monoisotopic (exact) mass is 312 g/mol. The van der Waals surface area contributed by atoms with Gasteiger partial charge in [0.05, 0.1) is 5.56 Å². The molecule has 0 saturated carbocycles. The summed E-state index contributed by atoms with van der Waals surface area (Å²) in [5.41, 5.74) is 1.18. The summed E-state index contributed by atoms with van der Waals surface area (Å²) in [5, 5.41) is 0. The first kappa shape index (κ1) is 15.0. The van der Waals surface area contributed by atoms with Crippen molar-refractivity contribution in [2.75, 3.05) is 13.2 Å². The molecule has 1 aromatic heterocycles. The number of amides is 2. The third-order valence-electron chi connectivity index (χ3n) is 3.69. The van der Waals surface area contributed by atoms with Crippen LogP contribution in [0.3, 0.4) is 0 Å². The summed E-state index contributed by atoms with van der Waals surface area (Å²) in [6.07, 6.45) is 4.77. The maximum atomic E-state index is 12.1. The molecular weight excluding hydrogens is 296 g/mol. The average molecular weight is 312 g/mol. The molecule has 0 radical (unpaired) electrons. The Bertz CT molecular complexity index is 737. The summed E-state index contributed by atoms with van der Waals surface area (Å²) in [6, 6.07) is 10.7. The number of hydrogen-bond donors (Lipinski definition) is 0. The van der Waals surface area contributed by atoms with E-state index in [0.29, 0.717) is 24.9 Å². The summed E-state index contributed by atoms with van der Waals surface area (Å²) in [5.74, 6) is -1.26. The largest absolute Gasteiger partial charge is 0.452 e. The van der Waals surface area contributed by atoms with Gasteiger partial charge in [-0.15, -0.1) is 0 Å². The molecule has 0 unspecified atom stereocenters. The Labute approximate surface area is 133 Å². The van der Waals surface area contributed by atoms with Gasteiger partial charge in [0.15, 0.2) is 6.61 Å². The second-order valence-electron chi connectivity index (χ2n) is 5.26. The molecule has 23 heavy (non-hydrogen) atoms. The lowest BCUT2D eigenvalue weighted by Crippen LogP contribution is -2.35. The van der Waals surface area contributed by atoms with Gasteiger partial charge in [0.2, 0.25) is 5.91 Å². The number of aromatic nitrogens is 1. The highest BCUT2D eigenvalue weighted by molar-refractivity contribution is 5.98. The SMILES string of the molecule is O=C(OCC(=O)N1CCCC1=O)c1cccc(-n2cccc2)c1. The van der Waals surface area contributed by atoms with Crippen LogP contribution in [0.5, 0.6) is 0 Å². The zero-order valence-electron chi connectivity index (χ0n) is 12.5. The van der Waals surface area contributed by atoms with E-state index >= 15 is 0 Å². The number of benzene rings is 1. The highest BCUT2D eigenvalue weighted by Gasteiger charge is 2.27. The molecule has 1 aliphatic rings. The van der Waals surface area contributed by atoms with Crippen molar-refractivity contribution >= 4 is 17.8 Å². The van der Waals surface area contributed by atoms with Gasteiger partial charge in [0, 0.05) is 31.0 Å². The molecule has 6 heteroatoms. The van der Waals surface area contributed by atoms with Crippen LogP contribution in [0, 0.1) is 0 Å². The number of likely N-dealkylation sites (tertiary alicyclic amines) is 1. The Morgan fingerprint density at radius 2 is 1.91 bits per heavy atom. The van der Waals surface area contributed by atoms with Gasteiger partial charge in [0.1, 0.15) is 0 Å². The summed E-state index contributed by atoms with van der Waals surface area (Å²) < 4.78 is 6.90. The molecule has 118 valence electrons. The molecule has 2 heterocycles. The van der Waals surface area contributed by atoms with Crippen molar-refractivity contribution in [2.24, 2.45) is 0 Å². The van der Waals surface area contributed by atoms with E-state index in [1.54, 1.807) is 18.2 Å². The molecule has 0 spiro atoms. The van der Waals surface area contributed by atoms with Crippen molar-refractivity contribution < 1.29 is 19.1 Å². The van der Waals surface area contributed by atoms with E-state index < -0.39 is 18.5 Å². The number of hydrogen-bond acceptors (Lipinski definition) is 4. The first-order valence-electron chi connectivity index (χ1n) is 7.39. The van der Waals surface area contributed by atoms with Crippen LogP contribution in [-0.2, 0) is 14.3 Å². The molecule has 1 aromatic carbocycles. The predicted octanol–water partition coefficient (Wildman–Crippen LogP) is 1.78. The lowest BCUT2D eigenvalue weighted by atomic mass is 10.2. The normalized spacial score (nSPS) is 14.1.